The number of aromatic nitrogens is 2. The van der Waals surface area contributed by atoms with E-state index < -0.39 is 6.10 Å². The zero-order valence-corrected chi connectivity index (χ0v) is 13.9. The first kappa shape index (κ1) is 15.6. The van der Waals surface area contributed by atoms with Crippen LogP contribution in [0.1, 0.15) is 30.8 Å². The maximum Gasteiger partial charge on any atom is 0.143 e. The molecule has 4 nitrogen and oxygen atoms in total. The first-order chi connectivity index (χ1) is 11.1. The molecule has 4 heteroatoms. The third-order valence-electron chi connectivity index (χ3n) is 4.10. The molecule has 0 spiro atoms. The number of fused-ring (bicyclic) bond motifs is 1. The molecule has 120 valence electrons. The number of aliphatic hydroxyl groups excluding tert-OH is 1. The van der Waals surface area contributed by atoms with Crippen LogP contribution < -0.4 is 4.90 Å². The second-order valence-electron chi connectivity index (χ2n) is 6.00. The predicted molar refractivity (Wildman–Crippen MR) is 94.9 cm³/mol. The smallest absolute Gasteiger partial charge is 0.143 e. The second kappa shape index (κ2) is 6.42. The first-order valence-corrected chi connectivity index (χ1v) is 8.02. The summed E-state index contributed by atoms with van der Waals surface area (Å²) in [5.41, 5.74) is 3.99. The molecule has 1 heterocycles. The minimum Gasteiger partial charge on any atom is -0.380 e. The zero-order chi connectivity index (χ0) is 16.4. The summed E-state index contributed by atoms with van der Waals surface area (Å²) in [4.78, 5) is 6.71. The summed E-state index contributed by atoms with van der Waals surface area (Å²) in [6.07, 6.45) is 0.282. The van der Waals surface area contributed by atoms with E-state index in [4.69, 9.17) is 0 Å². The topological polar surface area (TPSA) is 41.3 Å². The number of benzene rings is 2. The van der Waals surface area contributed by atoms with Gasteiger partial charge in [-0.05, 0) is 36.2 Å². The highest BCUT2D eigenvalue weighted by Gasteiger charge is 2.19. The molecular formula is C19H23N3O. The Bertz CT molecular complexity index is 790. The third kappa shape index (κ3) is 2.94. The van der Waals surface area contributed by atoms with Crippen molar-refractivity contribution in [1.29, 1.82) is 0 Å². The summed E-state index contributed by atoms with van der Waals surface area (Å²) >= 11 is 0. The molecule has 23 heavy (non-hydrogen) atoms. The van der Waals surface area contributed by atoms with Gasteiger partial charge in [0.05, 0.1) is 11.0 Å². The highest BCUT2D eigenvalue weighted by atomic mass is 16.3. The molecule has 0 radical (unpaired) electrons. The molecule has 0 saturated carbocycles. The summed E-state index contributed by atoms with van der Waals surface area (Å²) in [6, 6.07) is 16.0. The molecule has 3 aromatic rings. The molecule has 1 N–H and O–H groups in total. The molecule has 1 aromatic heterocycles. The van der Waals surface area contributed by atoms with Crippen LogP contribution in [0.4, 0.5) is 5.69 Å². The van der Waals surface area contributed by atoms with Gasteiger partial charge >= 0.3 is 0 Å². The van der Waals surface area contributed by atoms with Crippen LogP contribution in [0.2, 0.25) is 0 Å². The van der Waals surface area contributed by atoms with E-state index in [1.807, 2.05) is 61.5 Å². The van der Waals surface area contributed by atoms with Gasteiger partial charge in [0.1, 0.15) is 11.9 Å². The molecule has 3 rings (SSSR count). The lowest BCUT2D eigenvalue weighted by molar-refractivity contribution is 0.205. The van der Waals surface area contributed by atoms with Gasteiger partial charge in [0.15, 0.2) is 0 Å². The zero-order valence-electron chi connectivity index (χ0n) is 13.9. The minimum atomic E-state index is -0.717. The SMILES string of the molecule is CCCn1c(C(O)c2ccc(N(C)C)cc2)nc2ccccc21. The van der Waals surface area contributed by atoms with E-state index in [2.05, 4.69) is 22.5 Å². The summed E-state index contributed by atoms with van der Waals surface area (Å²) in [6.45, 7) is 2.99. The van der Waals surface area contributed by atoms with Crippen LogP contribution >= 0.6 is 0 Å². The third-order valence-corrected chi connectivity index (χ3v) is 4.10. The predicted octanol–water partition coefficient (Wildman–Crippen LogP) is 3.59. The van der Waals surface area contributed by atoms with Crippen LogP contribution in [0.5, 0.6) is 0 Å². The van der Waals surface area contributed by atoms with E-state index in [0.29, 0.717) is 5.82 Å². The van der Waals surface area contributed by atoms with E-state index in [1.165, 1.54) is 0 Å². The highest BCUT2D eigenvalue weighted by Crippen LogP contribution is 2.27. The molecule has 0 aliphatic heterocycles. The number of hydrogen-bond donors (Lipinski definition) is 1. The Hall–Kier alpha value is -2.33. The van der Waals surface area contributed by atoms with E-state index in [-0.39, 0.29) is 0 Å². The van der Waals surface area contributed by atoms with E-state index >= 15 is 0 Å². The van der Waals surface area contributed by atoms with Crippen LogP contribution in [0, 0.1) is 0 Å². The van der Waals surface area contributed by atoms with E-state index in [0.717, 1.165) is 35.2 Å². The van der Waals surface area contributed by atoms with Gasteiger partial charge in [0, 0.05) is 26.3 Å². The van der Waals surface area contributed by atoms with Crippen LogP contribution in [-0.4, -0.2) is 28.8 Å². The highest BCUT2D eigenvalue weighted by molar-refractivity contribution is 5.76. The summed E-state index contributed by atoms with van der Waals surface area (Å²) in [7, 11) is 4.01. The van der Waals surface area contributed by atoms with Crippen molar-refractivity contribution in [2.45, 2.75) is 26.0 Å². The number of hydrogen-bond acceptors (Lipinski definition) is 3. The molecule has 2 aromatic carbocycles. The average Bonchev–Trinajstić information content (AvgIpc) is 2.93. The average molecular weight is 309 g/mol. The van der Waals surface area contributed by atoms with Gasteiger partial charge in [-0.3, -0.25) is 0 Å². The Labute approximate surface area is 137 Å². The lowest BCUT2D eigenvalue weighted by Crippen LogP contribution is -2.11. The van der Waals surface area contributed by atoms with Crippen LogP contribution in [-0.2, 0) is 6.54 Å². The van der Waals surface area contributed by atoms with E-state index in [1.54, 1.807) is 0 Å². The van der Waals surface area contributed by atoms with Gasteiger partial charge in [0.25, 0.3) is 0 Å². The number of para-hydroxylation sites is 2. The van der Waals surface area contributed by atoms with Crippen molar-refractivity contribution in [2.75, 3.05) is 19.0 Å². The fraction of sp³-hybridized carbons (Fsp3) is 0.316. The van der Waals surface area contributed by atoms with Crippen molar-refractivity contribution in [3.63, 3.8) is 0 Å². The first-order valence-electron chi connectivity index (χ1n) is 8.02. The second-order valence-corrected chi connectivity index (χ2v) is 6.00. The number of aryl methyl sites for hydroxylation is 1. The maximum atomic E-state index is 10.8. The fourth-order valence-corrected chi connectivity index (χ4v) is 2.87. The molecule has 0 bridgehead atoms. The van der Waals surface area contributed by atoms with Gasteiger partial charge in [-0.25, -0.2) is 4.98 Å². The van der Waals surface area contributed by atoms with Crippen molar-refractivity contribution >= 4 is 16.7 Å². The number of nitrogens with zero attached hydrogens (tertiary/aromatic N) is 3. The van der Waals surface area contributed by atoms with Gasteiger partial charge in [0.2, 0.25) is 0 Å². The largest absolute Gasteiger partial charge is 0.380 e. The van der Waals surface area contributed by atoms with Gasteiger partial charge in [-0.15, -0.1) is 0 Å². The molecule has 0 saturated heterocycles. The summed E-state index contributed by atoms with van der Waals surface area (Å²) < 4.78 is 2.12. The van der Waals surface area contributed by atoms with Crippen molar-refractivity contribution < 1.29 is 5.11 Å². The lowest BCUT2D eigenvalue weighted by Gasteiger charge is -2.16. The molecule has 0 aliphatic carbocycles. The van der Waals surface area contributed by atoms with Crippen LogP contribution in [0.25, 0.3) is 11.0 Å². The van der Waals surface area contributed by atoms with Crippen molar-refractivity contribution in [2.24, 2.45) is 0 Å². The number of anilines is 1. The van der Waals surface area contributed by atoms with Gasteiger partial charge < -0.3 is 14.6 Å². The molecule has 1 atom stereocenters. The monoisotopic (exact) mass is 309 g/mol. The Morgan fingerprint density at radius 3 is 2.43 bits per heavy atom. The van der Waals surface area contributed by atoms with Crippen LogP contribution in [0.3, 0.4) is 0 Å². The van der Waals surface area contributed by atoms with Gasteiger partial charge in [-0.2, -0.15) is 0 Å². The standard InChI is InChI=1S/C19H23N3O/c1-4-13-22-17-8-6-5-7-16(17)20-19(22)18(23)14-9-11-15(12-10-14)21(2)3/h5-12,18,23H,4,13H2,1-3H3. The summed E-state index contributed by atoms with van der Waals surface area (Å²) in [5, 5.41) is 10.8. The molecular weight excluding hydrogens is 286 g/mol. The minimum absolute atomic E-state index is 0.714. The molecule has 0 amide bonds. The number of aliphatic hydroxyl groups is 1. The maximum absolute atomic E-state index is 10.8. The van der Waals surface area contributed by atoms with Crippen LogP contribution in [0.15, 0.2) is 48.5 Å². The van der Waals surface area contributed by atoms with Crippen molar-refractivity contribution in [1.82, 2.24) is 9.55 Å². The van der Waals surface area contributed by atoms with Gasteiger partial charge in [-0.1, -0.05) is 31.2 Å². The normalized spacial score (nSPS) is 12.5. The van der Waals surface area contributed by atoms with E-state index in [9.17, 15) is 5.11 Å². The Morgan fingerprint density at radius 2 is 1.78 bits per heavy atom. The number of rotatable bonds is 5. The molecule has 0 aliphatic rings. The Morgan fingerprint density at radius 1 is 1.09 bits per heavy atom. The Kier molecular flexibility index (Phi) is 4.35. The lowest BCUT2D eigenvalue weighted by atomic mass is 10.1. The summed E-state index contributed by atoms with van der Waals surface area (Å²) in [5.74, 6) is 0.714. The Balaban J connectivity index is 2.02. The molecule has 1 unspecified atom stereocenters. The van der Waals surface area contributed by atoms with Crippen molar-refractivity contribution in [3.8, 4) is 0 Å². The number of imidazole rings is 1. The van der Waals surface area contributed by atoms with Crippen molar-refractivity contribution in [3.05, 3.63) is 59.9 Å². The fourth-order valence-electron chi connectivity index (χ4n) is 2.87. The molecule has 0 fully saturated rings. The quantitative estimate of drug-likeness (QED) is 0.783.